The van der Waals surface area contributed by atoms with Gasteiger partial charge in [0, 0.05) is 12.1 Å². The van der Waals surface area contributed by atoms with Gasteiger partial charge in [0.1, 0.15) is 0 Å². The SMILES string of the molecule is CN1C2CCC1CC1(CC(=O)OC1=O)C2. The van der Waals surface area contributed by atoms with E-state index in [0.29, 0.717) is 18.5 Å². The Labute approximate surface area is 88.6 Å². The van der Waals surface area contributed by atoms with Gasteiger partial charge in [-0.1, -0.05) is 0 Å². The third-order valence-electron chi connectivity index (χ3n) is 4.36. The Morgan fingerprint density at radius 2 is 1.87 bits per heavy atom. The smallest absolute Gasteiger partial charge is 0.320 e. The Balaban J connectivity index is 1.90. The Hall–Kier alpha value is -0.900. The van der Waals surface area contributed by atoms with Crippen molar-refractivity contribution in [3.63, 3.8) is 0 Å². The number of carbonyl (C=O) groups excluding carboxylic acids is 2. The van der Waals surface area contributed by atoms with Crippen molar-refractivity contribution in [1.82, 2.24) is 4.90 Å². The molecular formula is C11H15NO3. The number of hydrogen-bond acceptors (Lipinski definition) is 4. The second kappa shape index (κ2) is 2.82. The number of hydrogen-bond donors (Lipinski definition) is 0. The van der Waals surface area contributed by atoms with Crippen LogP contribution in [0.5, 0.6) is 0 Å². The van der Waals surface area contributed by atoms with Crippen LogP contribution in [0, 0.1) is 5.41 Å². The van der Waals surface area contributed by atoms with Crippen LogP contribution in [0.25, 0.3) is 0 Å². The third kappa shape index (κ3) is 1.17. The normalized spacial score (nSPS) is 45.1. The summed E-state index contributed by atoms with van der Waals surface area (Å²) in [5.41, 5.74) is -0.463. The first-order valence-electron chi connectivity index (χ1n) is 5.58. The van der Waals surface area contributed by atoms with Crippen molar-refractivity contribution >= 4 is 11.9 Å². The largest absolute Gasteiger partial charge is 0.393 e. The van der Waals surface area contributed by atoms with E-state index in [1.165, 1.54) is 0 Å². The molecule has 3 heterocycles. The van der Waals surface area contributed by atoms with Crippen LogP contribution < -0.4 is 0 Å². The highest BCUT2D eigenvalue weighted by Crippen LogP contribution is 2.49. The summed E-state index contributed by atoms with van der Waals surface area (Å²) in [6.45, 7) is 0. The van der Waals surface area contributed by atoms with Gasteiger partial charge in [-0.15, -0.1) is 0 Å². The number of piperidine rings is 1. The summed E-state index contributed by atoms with van der Waals surface area (Å²) in [4.78, 5) is 25.3. The molecule has 0 aromatic rings. The number of ether oxygens (including phenoxy) is 1. The first-order chi connectivity index (χ1) is 7.11. The van der Waals surface area contributed by atoms with Crippen LogP contribution in [-0.4, -0.2) is 36.0 Å². The minimum Gasteiger partial charge on any atom is -0.393 e. The molecular weight excluding hydrogens is 194 g/mol. The number of nitrogens with zero attached hydrogens (tertiary/aromatic N) is 1. The van der Waals surface area contributed by atoms with Gasteiger partial charge < -0.3 is 9.64 Å². The summed E-state index contributed by atoms with van der Waals surface area (Å²) in [6, 6.07) is 0.949. The minimum absolute atomic E-state index is 0.266. The summed E-state index contributed by atoms with van der Waals surface area (Å²) in [5, 5.41) is 0. The van der Waals surface area contributed by atoms with E-state index in [1.54, 1.807) is 0 Å². The van der Waals surface area contributed by atoms with Gasteiger partial charge in [-0.3, -0.25) is 9.59 Å². The lowest BCUT2D eigenvalue weighted by atomic mass is 9.74. The summed E-state index contributed by atoms with van der Waals surface area (Å²) in [7, 11) is 2.12. The van der Waals surface area contributed by atoms with Gasteiger partial charge in [-0.2, -0.15) is 0 Å². The molecule has 15 heavy (non-hydrogen) atoms. The van der Waals surface area contributed by atoms with Gasteiger partial charge in [-0.05, 0) is 32.7 Å². The second-order valence-corrected chi connectivity index (χ2v) is 5.18. The van der Waals surface area contributed by atoms with Crippen LogP contribution in [0.15, 0.2) is 0 Å². The lowest BCUT2D eigenvalue weighted by Crippen LogP contribution is -2.47. The standard InChI is InChI=1S/C11H15NO3/c1-12-7-2-3-8(12)5-11(4-7)6-9(13)15-10(11)14/h7-8H,2-6H2,1H3. The number of rotatable bonds is 0. The molecule has 2 bridgehead atoms. The molecule has 1 spiro atoms. The molecule has 3 rings (SSSR count). The Bertz CT molecular complexity index is 325. The van der Waals surface area contributed by atoms with Crippen molar-refractivity contribution in [2.24, 2.45) is 5.41 Å². The predicted octanol–water partition coefficient (Wildman–Crippen LogP) is 0.703. The topological polar surface area (TPSA) is 46.6 Å². The van der Waals surface area contributed by atoms with E-state index in [1.807, 2.05) is 0 Å². The van der Waals surface area contributed by atoms with Crippen molar-refractivity contribution in [3.05, 3.63) is 0 Å². The van der Waals surface area contributed by atoms with E-state index >= 15 is 0 Å². The second-order valence-electron chi connectivity index (χ2n) is 5.18. The molecule has 0 aromatic heterocycles. The lowest BCUT2D eigenvalue weighted by molar-refractivity contribution is -0.156. The molecule has 4 heteroatoms. The van der Waals surface area contributed by atoms with Gasteiger partial charge in [0.05, 0.1) is 11.8 Å². The summed E-state index contributed by atoms with van der Waals surface area (Å²) in [6.07, 6.45) is 4.25. The highest BCUT2D eigenvalue weighted by atomic mass is 16.6. The van der Waals surface area contributed by atoms with Crippen LogP contribution in [0.3, 0.4) is 0 Å². The van der Waals surface area contributed by atoms with Crippen molar-refractivity contribution < 1.29 is 14.3 Å². The van der Waals surface area contributed by atoms with Crippen LogP contribution in [0.4, 0.5) is 0 Å². The number of fused-ring (bicyclic) bond motifs is 2. The van der Waals surface area contributed by atoms with E-state index in [0.717, 1.165) is 25.7 Å². The zero-order chi connectivity index (χ0) is 10.6. The van der Waals surface area contributed by atoms with Crippen LogP contribution in [-0.2, 0) is 14.3 Å². The molecule has 2 atom stereocenters. The van der Waals surface area contributed by atoms with Gasteiger partial charge in [0.25, 0.3) is 0 Å². The Morgan fingerprint density at radius 3 is 2.33 bits per heavy atom. The molecule has 0 aromatic carbocycles. The molecule has 3 aliphatic heterocycles. The fraction of sp³-hybridized carbons (Fsp3) is 0.818. The highest BCUT2D eigenvalue weighted by molar-refractivity contribution is 5.97. The summed E-state index contributed by atoms with van der Waals surface area (Å²) >= 11 is 0. The number of esters is 2. The Kier molecular flexibility index (Phi) is 1.75. The average Bonchev–Trinajstić information content (AvgIpc) is 2.56. The zero-order valence-corrected chi connectivity index (χ0v) is 8.86. The van der Waals surface area contributed by atoms with E-state index in [-0.39, 0.29) is 11.9 Å². The Morgan fingerprint density at radius 1 is 1.27 bits per heavy atom. The van der Waals surface area contributed by atoms with Gasteiger partial charge in [-0.25, -0.2) is 0 Å². The average molecular weight is 209 g/mol. The molecule has 0 N–H and O–H groups in total. The molecule has 0 amide bonds. The molecule has 3 saturated heterocycles. The quantitative estimate of drug-likeness (QED) is 0.435. The molecule has 0 saturated carbocycles. The van der Waals surface area contributed by atoms with E-state index in [4.69, 9.17) is 4.74 Å². The van der Waals surface area contributed by atoms with Crippen molar-refractivity contribution in [2.75, 3.05) is 7.05 Å². The van der Waals surface area contributed by atoms with E-state index < -0.39 is 5.41 Å². The third-order valence-corrected chi connectivity index (χ3v) is 4.36. The predicted molar refractivity (Wildman–Crippen MR) is 52.0 cm³/mol. The molecule has 3 fully saturated rings. The monoisotopic (exact) mass is 209 g/mol. The fourth-order valence-corrected chi connectivity index (χ4v) is 3.47. The van der Waals surface area contributed by atoms with Gasteiger partial charge >= 0.3 is 11.9 Å². The maximum Gasteiger partial charge on any atom is 0.320 e. The molecule has 2 unspecified atom stereocenters. The highest BCUT2D eigenvalue weighted by Gasteiger charge is 2.56. The van der Waals surface area contributed by atoms with Crippen molar-refractivity contribution in [1.29, 1.82) is 0 Å². The molecule has 3 aliphatic rings. The summed E-state index contributed by atoms with van der Waals surface area (Å²) in [5.74, 6) is -0.596. The van der Waals surface area contributed by atoms with E-state index in [2.05, 4.69) is 11.9 Å². The first kappa shape index (κ1) is 9.33. The first-order valence-corrected chi connectivity index (χ1v) is 5.58. The maximum absolute atomic E-state index is 11.7. The lowest BCUT2D eigenvalue weighted by Gasteiger charge is -2.40. The maximum atomic E-state index is 11.7. The molecule has 0 aliphatic carbocycles. The van der Waals surface area contributed by atoms with Crippen molar-refractivity contribution in [2.45, 2.75) is 44.2 Å². The van der Waals surface area contributed by atoms with Gasteiger partial charge in [0.15, 0.2) is 0 Å². The van der Waals surface area contributed by atoms with Crippen LogP contribution in [0.2, 0.25) is 0 Å². The van der Waals surface area contributed by atoms with Gasteiger partial charge in [0.2, 0.25) is 0 Å². The fourth-order valence-electron chi connectivity index (χ4n) is 3.47. The molecule has 4 nitrogen and oxygen atoms in total. The van der Waals surface area contributed by atoms with Crippen LogP contribution in [0.1, 0.15) is 32.1 Å². The van der Waals surface area contributed by atoms with Crippen LogP contribution >= 0.6 is 0 Å². The van der Waals surface area contributed by atoms with E-state index in [9.17, 15) is 9.59 Å². The minimum atomic E-state index is -0.463. The molecule has 82 valence electrons. The summed E-state index contributed by atoms with van der Waals surface area (Å²) < 4.78 is 4.72. The molecule has 0 radical (unpaired) electrons. The number of carbonyl (C=O) groups is 2. The van der Waals surface area contributed by atoms with Crippen molar-refractivity contribution in [3.8, 4) is 0 Å². The zero-order valence-electron chi connectivity index (χ0n) is 8.86. The number of cyclic esters (lactones) is 2.